The van der Waals surface area contributed by atoms with Crippen LogP contribution in [0.15, 0.2) is 82.2 Å². The topological polar surface area (TPSA) is 29.5 Å². The van der Waals surface area contributed by atoms with E-state index in [1.165, 1.54) is 12.1 Å². The number of rotatable bonds is 5. The maximum Gasteiger partial charge on any atom is 0.416 e. The zero-order chi connectivity index (χ0) is 23.6. The van der Waals surface area contributed by atoms with Crippen LogP contribution in [0.3, 0.4) is 0 Å². The molecule has 1 aliphatic rings. The Morgan fingerprint density at radius 3 is 2.48 bits per heavy atom. The van der Waals surface area contributed by atoms with E-state index in [2.05, 4.69) is 15.9 Å². The Kier molecular flexibility index (Phi) is 6.92. The van der Waals surface area contributed by atoms with Crippen LogP contribution in [-0.4, -0.2) is 10.2 Å². The van der Waals surface area contributed by atoms with E-state index in [4.69, 9.17) is 17.0 Å². The summed E-state index contributed by atoms with van der Waals surface area (Å²) in [7, 11) is 0. The molecule has 0 radical (unpaired) electrons. The van der Waals surface area contributed by atoms with Gasteiger partial charge >= 0.3 is 6.18 Å². The molecule has 1 aliphatic heterocycles. The molecule has 0 N–H and O–H groups in total. The Morgan fingerprint density at radius 1 is 1.03 bits per heavy atom. The zero-order valence-corrected chi connectivity index (χ0v) is 20.0. The molecule has 0 unspecified atom stereocenters. The maximum absolute atomic E-state index is 13.1. The molecule has 9 heteroatoms. The van der Waals surface area contributed by atoms with Crippen LogP contribution in [0.2, 0.25) is 0 Å². The third-order valence-electron chi connectivity index (χ3n) is 4.72. The molecular formula is C24H15BrF3NO2S2. The van der Waals surface area contributed by atoms with Crippen LogP contribution in [-0.2, 0) is 17.6 Å². The number of amides is 1. The van der Waals surface area contributed by atoms with Crippen LogP contribution in [0.1, 0.15) is 16.7 Å². The minimum atomic E-state index is -4.51. The number of hydrogen-bond acceptors (Lipinski definition) is 4. The standard InChI is InChI=1S/C24H15BrF3NO2S2/c25-19-11-16(9-10-20(19)31-14-15-5-2-1-3-6-15)12-21-22(30)29(23(32)33-21)18-8-4-7-17(13-18)24(26,27)28/h1-13H,14H2/b21-12-. The van der Waals surface area contributed by atoms with Crippen LogP contribution >= 0.6 is 39.9 Å². The van der Waals surface area contributed by atoms with E-state index in [-0.39, 0.29) is 10.0 Å². The van der Waals surface area contributed by atoms with Gasteiger partial charge in [0.15, 0.2) is 4.32 Å². The SMILES string of the molecule is O=C1/C(=C/c2ccc(OCc3ccccc3)c(Br)c2)SC(=S)N1c1cccc(C(F)(F)F)c1. The predicted molar refractivity (Wildman–Crippen MR) is 132 cm³/mol. The molecule has 3 nitrogen and oxygen atoms in total. The van der Waals surface area contributed by atoms with Crippen LogP contribution < -0.4 is 9.64 Å². The van der Waals surface area contributed by atoms with Gasteiger partial charge < -0.3 is 4.74 Å². The summed E-state index contributed by atoms with van der Waals surface area (Å²) in [6.45, 7) is 0.411. The highest BCUT2D eigenvalue weighted by Crippen LogP contribution is 2.39. The lowest BCUT2D eigenvalue weighted by molar-refractivity contribution is -0.137. The van der Waals surface area contributed by atoms with Gasteiger partial charge in [-0.05, 0) is 63.5 Å². The fourth-order valence-corrected chi connectivity index (χ4v) is 4.93. The van der Waals surface area contributed by atoms with Crippen molar-refractivity contribution < 1.29 is 22.7 Å². The molecule has 4 rings (SSSR count). The van der Waals surface area contributed by atoms with Crippen molar-refractivity contribution in [2.75, 3.05) is 4.90 Å². The van der Waals surface area contributed by atoms with E-state index in [1.807, 2.05) is 30.3 Å². The fourth-order valence-electron chi connectivity index (χ4n) is 3.12. The van der Waals surface area contributed by atoms with Crippen molar-refractivity contribution in [2.45, 2.75) is 12.8 Å². The van der Waals surface area contributed by atoms with Gasteiger partial charge in [-0.2, -0.15) is 13.2 Å². The zero-order valence-electron chi connectivity index (χ0n) is 16.8. The molecule has 1 fully saturated rings. The van der Waals surface area contributed by atoms with E-state index in [9.17, 15) is 18.0 Å². The Balaban J connectivity index is 1.52. The molecule has 0 bridgehead atoms. The van der Waals surface area contributed by atoms with Gasteiger partial charge in [0.2, 0.25) is 0 Å². The van der Waals surface area contributed by atoms with Gasteiger partial charge in [-0.25, -0.2) is 0 Å². The molecule has 33 heavy (non-hydrogen) atoms. The Hall–Kier alpha value is -2.62. The van der Waals surface area contributed by atoms with Crippen LogP contribution in [0.5, 0.6) is 5.75 Å². The van der Waals surface area contributed by atoms with Crippen molar-refractivity contribution in [3.05, 3.63) is 98.9 Å². The number of benzene rings is 3. The smallest absolute Gasteiger partial charge is 0.416 e. The first-order valence-corrected chi connectivity index (χ1v) is 11.7. The van der Waals surface area contributed by atoms with E-state index in [0.29, 0.717) is 21.7 Å². The normalized spacial score (nSPS) is 15.4. The van der Waals surface area contributed by atoms with Crippen molar-refractivity contribution in [3.63, 3.8) is 0 Å². The molecule has 3 aromatic carbocycles. The lowest BCUT2D eigenvalue weighted by Gasteiger charge is -2.16. The van der Waals surface area contributed by atoms with Crippen LogP contribution in [0.25, 0.3) is 6.08 Å². The molecule has 0 saturated carbocycles. The third-order valence-corrected chi connectivity index (χ3v) is 6.64. The Labute approximate surface area is 206 Å². The lowest BCUT2D eigenvalue weighted by Crippen LogP contribution is -2.27. The highest BCUT2D eigenvalue weighted by molar-refractivity contribution is 9.10. The minimum Gasteiger partial charge on any atom is -0.488 e. The monoisotopic (exact) mass is 549 g/mol. The molecular weight excluding hydrogens is 535 g/mol. The van der Waals surface area contributed by atoms with Gasteiger partial charge in [-0.15, -0.1) is 0 Å². The Morgan fingerprint density at radius 2 is 1.79 bits per heavy atom. The number of nitrogens with zero attached hydrogens (tertiary/aromatic N) is 1. The molecule has 0 aliphatic carbocycles. The van der Waals surface area contributed by atoms with E-state index >= 15 is 0 Å². The number of thioether (sulfide) groups is 1. The van der Waals surface area contributed by atoms with Crippen molar-refractivity contribution in [1.82, 2.24) is 0 Å². The second kappa shape index (κ2) is 9.70. The summed E-state index contributed by atoms with van der Waals surface area (Å²) in [6.07, 6.45) is -2.86. The average Bonchev–Trinajstić information content (AvgIpc) is 3.06. The van der Waals surface area contributed by atoms with Gasteiger partial charge in [0.1, 0.15) is 12.4 Å². The van der Waals surface area contributed by atoms with Gasteiger partial charge in [0.05, 0.1) is 20.6 Å². The summed E-state index contributed by atoms with van der Waals surface area (Å²) in [6, 6.07) is 19.7. The molecule has 0 atom stereocenters. The largest absolute Gasteiger partial charge is 0.488 e. The predicted octanol–water partition coefficient (Wildman–Crippen LogP) is 7.45. The van der Waals surface area contributed by atoms with Crippen LogP contribution in [0, 0.1) is 0 Å². The van der Waals surface area contributed by atoms with Crippen LogP contribution in [0.4, 0.5) is 18.9 Å². The highest BCUT2D eigenvalue weighted by Gasteiger charge is 2.36. The Bertz CT molecular complexity index is 1250. The quantitative estimate of drug-likeness (QED) is 0.244. The number of anilines is 1. The minimum absolute atomic E-state index is 0.0848. The summed E-state index contributed by atoms with van der Waals surface area (Å²) in [4.78, 5) is 14.4. The number of carbonyl (C=O) groups excluding carboxylic acids is 1. The number of thiocarbonyl (C=S) groups is 1. The number of alkyl halides is 3. The number of ether oxygens (including phenoxy) is 1. The molecule has 1 amide bonds. The second-order valence-corrected chi connectivity index (χ2v) is 9.56. The third kappa shape index (κ3) is 5.48. The number of hydrogen-bond donors (Lipinski definition) is 0. The summed E-state index contributed by atoms with van der Waals surface area (Å²) in [5, 5.41) is 0. The molecule has 168 valence electrons. The molecule has 1 saturated heterocycles. The summed E-state index contributed by atoms with van der Waals surface area (Å²) in [5.41, 5.74) is 1.000. The highest BCUT2D eigenvalue weighted by atomic mass is 79.9. The lowest BCUT2D eigenvalue weighted by atomic mass is 10.1. The van der Waals surface area contributed by atoms with Crippen molar-refractivity contribution in [2.24, 2.45) is 0 Å². The molecule has 0 spiro atoms. The first kappa shape index (κ1) is 23.5. The molecule has 3 aromatic rings. The van der Waals surface area contributed by atoms with Crippen molar-refractivity contribution >= 4 is 61.9 Å². The summed E-state index contributed by atoms with van der Waals surface area (Å²) in [5.74, 6) is 0.178. The number of carbonyl (C=O) groups is 1. The molecule has 0 aromatic heterocycles. The van der Waals surface area contributed by atoms with E-state index < -0.39 is 17.6 Å². The van der Waals surface area contributed by atoms with Crippen molar-refractivity contribution in [1.29, 1.82) is 0 Å². The molecule has 1 heterocycles. The van der Waals surface area contributed by atoms with Gasteiger partial charge in [-0.1, -0.05) is 66.4 Å². The van der Waals surface area contributed by atoms with Gasteiger partial charge in [0, 0.05) is 0 Å². The first-order valence-electron chi connectivity index (χ1n) is 9.64. The fraction of sp³-hybridized carbons (Fsp3) is 0.0833. The first-order chi connectivity index (χ1) is 15.7. The van der Waals surface area contributed by atoms with Gasteiger partial charge in [0.25, 0.3) is 5.91 Å². The number of halogens is 4. The average molecular weight is 550 g/mol. The van der Waals surface area contributed by atoms with Crippen molar-refractivity contribution in [3.8, 4) is 5.75 Å². The summed E-state index contributed by atoms with van der Waals surface area (Å²) >= 11 is 9.80. The van der Waals surface area contributed by atoms with E-state index in [1.54, 1.807) is 24.3 Å². The maximum atomic E-state index is 13.1. The van der Waals surface area contributed by atoms with E-state index in [0.717, 1.165) is 39.9 Å². The summed E-state index contributed by atoms with van der Waals surface area (Å²) < 4.78 is 45.9. The van der Waals surface area contributed by atoms with Gasteiger partial charge in [-0.3, -0.25) is 9.69 Å². The second-order valence-electron chi connectivity index (χ2n) is 7.03.